The summed E-state index contributed by atoms with van der Waals surface area (Å²) in [6, 6.07) is 12.2. The fraction of sp³-hybridized carbons (Fsp3) is 0.379. The van der Waals surface area contributed by atoms with Crippen molar-refractivity contribution in [2.24, 2.45) is 5.73 Å². The largest absolute Gasteiger partial charge is 0.416 e. The van der Waals surface area contributed by atoms with E-state index in [0.717, 1.165) is 27.8 Å². The van der Waals surface area contributed by atoms with E-state index in [0.29, 0.717) is 24.6 Å². The molecule has 2 atom stereocenters. The van der Waals surface area contributed by atoms with Crippen LogP contribution in [0.1, 0.15) is 71.7 Å². The van der Waals surface area contributed by atoms with Crippen LogP contribution in [0.15, 0.2) is 54.6 Å². The molecule has 2 nitrogen and oxygen atoms in total. The number of aryl methyl sites for hydroxylation is 2. The number of halogens is 6. The second-order valence-corrected chi connectivity index (χ2v) is 9.92. The molecular weight excluding hydrogens is 490 g/mol. The Morgan fingerprint density at radius 3 is 1.86 bits per heavy atom. The summed E-state index contributed by atoms with van der Waals surface area (Å²) in [5.41, 5.74) is 9.58. The lowest BCUT2D eigenvalue weighted by Crippen LogP contribution is -2.36. The first-order valence-corrected chi connectivity index (χ1v) is 12.1. The SMILES string of the molecule is Cc1ccc(-c2cc(C(C)C)ccc2C)c(CN[C@@H](C)[C@H](N)c2cc(C(F)(F)F)cc(C(F)(F)F)c2)c1. The van der Waals surface area contributed by atoms with Gasteiger partial charge in [-0.25, -0.2) is 0 Å². The van der Waals surface area contributed by atoms with E-state index >= 15 is 0 Å². The number of hydrogen-bond donors (Lipinski definition) is 2. The fourth-order valence-electron chi connectivity index (χ4n) is 4.28. The zero-order chi connectivity index (χ0) is 27.7. The monoisotopic (exact) mass is 522 g/mol. The van der Waals surface area contributed by atoms with E-state index in [4.69, 9.17) is 5.73 Å². The molecule has 0 saturated carbocycles. The Balaban J connectivity index is 1.91. The number of hydrogen-bond acceptors (Lipinski definition) is 2. The van der Waals surface area contributed by atoms with Crippen LogP contribution in [0.25, 0.3) is 11.1 Å². The van der Waals surface area contributed by atoms with Gasteiger partial charge in [-0.05, 0) is 78.3 Å². The molecule has 3 aromatic carbocycles. The van der Waals surface area contributed by atoms with Crippen LogP contribution >= 0.6 is 0 Å². The van der Waals surface area contributed by atoms with Crippen LogP contribution in [-0.2, 0) is 18.9 Å². The van der Waals surface area contributed by atoms with E-state index in [-0.39, 0.29) is 11.6 Å². The van der Waals surface area contributed by atoms with Crippen LogP contribution < -0.4 is 11.1 Å². The highest BCUT2D eigenvalue weighted by Gasteiger charge is 2.37. The summed E-state index contributed by atoms with van der Waals surface area (Å²) in [6.07, 6.45) is -9.85. The van der Waals surface area contributed by atoms with Gasteiger partial charge in [0.25, 0.3) is 0 Å². The van der Waals surface area contributed by atoms with Gasteiger partial charge >= 0.3 is 12.4 Å². The number of rotatable bonds is 7. The van der Waals surface area contributed by atoms with Crippen LogP contribution in [0.5, 0.6) is 0 Å². The van der Waals surface area contributed by atoms with Crippen molar-refractivity contribution in [2.45, 2.75) is 71.5 Å². The van der Waals surface area contributed by atoms with E-state index in [2.05, 4.69) is 37.4 Å². The minimum Gasteiger partial charge on any atom is -0.323 e. The third kappa shape index (κ3) is 6.93. The molecular formula is C29H32F6N2. The van der Waals surface area contributed by atoms with E-state index in [1.807, 2.05) is 32.0 Å². The molecule has 37 heavy (non-hydrogen) atoms. The summed E-state index contributed by atoms with van der Waals surface area (Å²) in [7, 11) is 0. The lowest BCUT2D eigenvalue weighted by molar-refractivity contribution is -0.143. The second-order valence-electron chi connectivity index (χ2n) is 9.92. The first kappa shape index (κ1) is 28.7. The maximum absolute atomic E-state index is 13.3. The van der Waals surface area contributed by atoms with Gasteiger partial charge in [0, 0.05) is 18.6 Å². The Morgan fingerprint density at radius 2 is 1.32 bits per heavy atom. The van der Waals surface area contributed by atoms with Crippen molar-refractivity contribution in [1.29, 1.82) is 0 Å². The number of nitrogens with two attached hydrogens (primary N) is 1. The quantitative estimate of drug-likeness (QED) is 0.306. The maximum atomic E-state index is 13.3. The molecule has 0 aliphatic rings. The summed E-state index contributed by atoms with van der Waals surface area (Å²) in [6.45, 7) is 10.2. The van der Waals surface area contributed by atoms with Crippen molar-refractivity contribution in [1.82, 2.24) is 5.32 Å². The molecule has 0 fully saturated rings. The highest BCUT2D eigenvalue weighted by molar-refractivity contribution is 5.72. The predicted octanol–water partition coefficient (Wildman–Crippen LogP) is 8.31. The normalized spacial score (nSPS) is 14.2. The van der Waals surface area contributed by atoms with Gasteiger partial charge in [0.2, 0.25) is 0 Å². The van der Waals surface area contributed by atoms with Crippen molar-refractivity contribution in [3.63, 3.8) is 0 Å². The lowest BCUT2D eigenvalue weighted by Gasteiger charge is -2.25. The minimum absolute atomic E-state index is 0.112. The summed E-state index contributed by atoms with van der Waals surface area (Å²) in [4.78, 5) is 0. The smallest absolute Gasteiger partial charge is 0.323 e. The summed E-state index contributed by atoms with van der Waals surface area (Å²) < 4.78 is 79.8. The van der Waals surface area contributed by atoms with Gasteiger partial charge in [0.15, 0.2) is 0 Å². The van der Waals surface area contributed by atoms with Crippen LogP contribution in [0.3, 0.4) is 0 Å². The van der Waals surface area contributed by atoms with Gasteiger partial charge < -0.3 is 11.1 Å². The number of nitrogens with one attached hydrogen (secondary N) is 1. The molecule has 0 spiro atoms. The highest BCUT2D eigenvalue weighted by atomic mass is 19.4. The van der Waals surface area contributed by atoms with Crippen LogP contribution in [-0.4, -0.2) is 6.04 Å². The van der Waals surface area contributed by atoms with Crippen molar-refractivity contribution < 1.29 is 26.3 Å². The number of benzene rings is 3. The van der Waals surface area contributed by atoms with Gasteiger partial charge in [0.1, 0.15) is 0 Å². The zero-order valence-corrected chi connectivity index (χ0v) is 21.5. The molecule has 3 N–H and O–H groups in total. The van der Waals surface area contributed by atoms with Crippen molar-refractivity contribution in [2.75, 3.05) is 0 Å². The van der Waals surface area contributed by atoms with E-state index in [1.54, 1.807) is 6.92 Å². The fourth-order valence-corrected chi connectivity index (χ4v) is 4.28. The third-order valence-corrected chi connectivity index (χ3v) is 6.63. The van der Waals surface area contributed by atoms with Gasteiger partial charge in [-0.15, -0.1) is 0 Å². The molecule has 0 unspecified atom stereocenters. The van der Waals surface area contributed by atoms with E-state index in [1.165, 1.54) is 5.56 Å². The molecule has 0 aromatic heterocycles. The highest BCUT2D eigenvalue weighted by Crippen LogP contribution is 2.38. The molecule has 0 aliphatic carbocycles. The Kier molecular flexibility index (Phi) is 8.44. The third-order valence-electron chi connectivity index (χ3n) is 6.63. The standard InChI is InChI=1S/C29H32F6N2/c1-16(2)20-8-7-18(4)26(13-20)25-9-6-17(3)10-22(25)15-37-19(5)27(36)21-11-23(28(30,31)32)14-24(12-21)29(33,34)35/h6-14,16,19,27,37H,15,36H2,1-5H3/t19-,27-/m0/s1. The van der Waals surface area contributed by atoms with Gasteiger partial charge in [-0.1, -0.05) is 55.8 Å². The molecule has 200 valence electrons. The Hall–Kier alpha value is -2.84. The minimum atomic E-state index is -4.93. The average Bonchev–Trinajstić information content (AvgIpc) is 2.81. The maximum Gasteiger partial charge on any atom is 0.416 e. The van der Waals surface area contributed by atoms with Crippen LogP contribution in [0, 0.1) is 13.8 Å². The van der Waals surface area contributed by atoms with Crippen LogP contribution in [0.2, 0.25) is 0 Å². The molecule has 8 heteroatoms. The molecule has 0 aliphatic heterocycles. The van der Waals surface area contributed by atoms with Crippen molar-refractivity contribution in [3.05, 3.63) is 93.5 Å². The second kappa shape index (κ2) is 10.9. The Morgan fingerprint density at radius 1 is 0.730 bits per heavy atom. The van der Waals surface area contributed by atoms with Gasteiger partial charge in [0.05, 0.1) is 11.1 Å². The van der Waals surface area contributed by atoms with Crippen LogP contribution in [0.4, 0.5) is 26.3 Å². The zero-order valence-electron chi connectivity index (χ0n) is 21.5. The average molecular weight is 523 g/mol. The molecule has 0 heterocycles. The van der Waals surface area contributed by atoms with Crippen molar-refractivity contribution >= 4 is 0 Å². The molecule has 0 saturated heterocycles. The van der Waals surface area contributed by atoms with E-state index < -0.39 is 35.6 Å². The van der Waals surface area contributed by atoms with Crippen molar-refractivity contribution in [3.8, 4) is 11.1 Å². The lowest BCUT2D eigenvalue weighted by atomic mass is 9.90. The molecule has 0 radical (unpaired) electrons. The summed E-state index contributed by atoms with van der Waals surface area (Å²) in [5.74, 6) is 0.346. The summed E-state index contributed by atoms with van der Waals surface area (Å²) in [5, 5.41) is 3.22. The molecule has 0 bridgehead atoms. The predicted molar refractivity (Wildman–Crippen MR) is 135 cm³/mol. The Bertz CT molecular complexity index is 1210. The molecule has 3 rings (SSSR count). The molecule has 0 amide bonds. The summed E-state index contributed by atoms with van der Waals surface area (Å²) >= 11 is 0. The molecule has 3 aromatic rings. The first-order valence-electron chi connectivity index (χ1n) is 12.1. The Labute approximate surface area is 213 Å². The first-order chi connectivity index (χ1) is 17.1. The van der Waals surface area contributed by atoms with Gasteiger partial charge in [-0.3, -0.25) is 0 Å². The topological polar surface area (TPSA) is 38.0 Å². The van der Waals surface area contributed by atoms with Gasteiger partial charge in [-0.2, -0.15) is 26.3 Å². The number of alkyl halides is 6. The van der Waals surface area contributed by atoms with E-state index in [9.17, 15) is 26.3 Å².